The molecule has 0 amide bonds. The number of azo groups is 1. The number of hydrogen-bond acceptors (Lipinski definition) is 6. The number of ether oxygens (including phenoxy) is 2. The molecule has 0 aliphatic heterocycles. The molecule has 1 aromatic carbocycles. The lowest BCUT2D eigenvalue weighted by Gasteiger charge is -2.03. The van der Waals surface area contributed by atoms with E-state index in [4.69, 9.17) is 4.74 Å². The lowest BCUT2D eigenvalue weighted by atomic mass is 10.3. The first kappa shape index (κ1) is 13.7. The van der Waals surface area contributed by atoms with Crippen molar-refractivity contribution in [3.05, 3.63) is 35.7 Å². The largest absolute Gasteiger partial charge is 0.510 e. The summed E-state index contributed by atoms with van der Waals surface area (Å²) < 4.78 is 9.55. The van der Waals surface area contributed by atoms with Crippen molar-refractivity contribution in [1.29, 1.82) is 0 Å². The molecule has 0 atom stereocenters. The molecule has 1 aromatic rings. The molecule has 18 heavy (non-hydrogen) atoms. The Morgan fingerprint density at radius 3 is 2.50 bits per heavy atom. The summed E-state index contributed by atoms with van der Waals surface area (Å²) in [5.41, 5.74) is 0.200. The SMILES string of the molecule is COC(=O)/C(N=Nc1ccccc1OC)=C(\C)O. The van der Waals surface area contributed by atoms with E-state index < -0.39 is 5.97 Å². The van der Waals surface area contributed by atoms with Crippen molar-refractivity contribution in [2.24, 2.45) is 10.2 Å². The number of hydrogen-bond donors (Lipinski definition) is 1. The van der Waals surface area contributed by atoms with Crippen molar-refractivity contribution in [2.45, 2.75) is 6.92 Å². The third-order valence-corrected chi connectivity index (χ3v) is 2.06. The minimum atomic E-state index is -0.756. The fraction of sp³-hybridized carbons (Fsp3) is 0.250. The molecule has 0 unspecified atom stereocenters. The van der Waals surface area contributed by atoms with Gasteiger partial charge in [-0.2, -0.15) is 0 Å². The number of benzene rings is 1. The quantitative estimate of drug-likeness (QED) is 0.385. The van der Waals surface area contributed by atoms with Crippen molar-refractivity contribution in [3.8, 4) is 5.75 Å². The van der Waals surface area contributed by atoms with E-state index in [0.29, 0.717) is 11.4 Å². The zero-order valence-corrected chi connectivity index (χ0v) is 10.4. The van der Waals surface area contributed by atoms with Gasteiger partial charge >= 0.3 is 5.97 Å². The van der Waals surface area contributed by atoms with Gasteiger partial charge in [0, 0.05) is 0 Å². The van der Waals surface area contributed by atoms with Crippen LogP contribution in [0.4, 0.5) is 5.69 Å². The summed E-state index contributed by atoms with van der Waals surface area (Å²) >= 11 is 0. The zero-order valence-electron chi connectivity index (χ0n) is 10.4. The average molecular weight is 250 g/mol. The van der Waals surface area contributed by atoms with Gasteiger partial charge < -0.3 is 14.6 Å². The van der Waals surface area contributed by atoms with Crippen LogP contribution < -0.4 is 4.74 Å². The molecule has 0 heterocycles. The van der Waals surface area contributed by atoms with Gasteiger partial charge in [-0.1, -0.05) is 12.1 Å². The molecular weight excluding hydrogens is 236 g/mol. The van der Waals surface area contributed by atoms with Crippen LogP contribution in [0, 0.1) is 0 Å². The second-order valence-corrected chi connectivity index (χ2v) is 3.30. The van der Waals surface area contributed by atoms with Crippen molar-refractivity contribution < 1.29 is 19.4 Å². The topological polar surface area (TPSA) is 80.5 Å². The molecule has 0 radical (unpaired) electrons. The first-order chi connectivity index (χ1) is 8.60. The number of aliphatic hydroxyl groups excluding tert-OH is 1. The Labute approximate surface area is 105 Å². The fourth-order valence-corrected chi connectivity index (χ4v) is 1.17. The molecular formula is C12H14N2O4. The molecule has 1 rings (SSSR count). The van der Waals surface area contributed by atoms with Gasteiger partial charge in [0.25, 0.3) is 0 Å². The Morgan fingerprint density at radius 2 is 1.94 bits per heavy atom. The maximum atomic E-state index is 11.3. The Balaban J connectivity index is 3.05. The van der Waals surface area contributed by atoms with Crippen LogP contribution in [-0.2, 0) is 9.53 Å². The first-order valence-electron chi connectivity index (χ1n) is 5.13. The number of rotatable bonds is 4. The second-order valence-electron chi connectivity index (χ2n) is 3.30. The number of esters is 1. The molecule has 0 spiro atoms. The lowest BCUT2D eigenvalue weighted by Crippen LogP contribution is -2.04. The number of allylic oxidation sites excluding steroid dienone is 1. The summed E-state index contributed by atoms with van der Waals surface area (Å²) in [5, 5.41) is 16.8. The molecule has 96 valence electrons. The van der Waals surface area contributed by atoms with E-state index in [1.165, 1.54) is 21.1 Å². The van der Waals surface area contributed by atoms with Crippen molar-refractivity contribution in [3.63, 3.8) is 0 Å². The van der Waals surface area contributed by atoms with E-state index in [1.54, 1.807) is 24.3 Å². The predicted octanol–water partition coefficient (Wildman–Crippen LogP) is 2.74. The molecule has 0 bridgehead atoms. The van der Waals surface area contributed by atoms with Crippen LogP contribution in [0.15, 0.2) is 46.0 Å². The molecule has 6 nitrogen and oxygen atoms in total. The van der Waals surface area contributed by atoms with Gasteiger partial charge in [0.1, 0.15) is 17.2 Å². The van der Waals surface area contributed by atoms with Crippen molar-refractivity contribution >= 4 is 11.7 Å². The van der Waals surface area contributed by atoms with E-state index in [9.17, 15) is 9.90 Å². The Kier molecular flexibility index (Phi) is 4.86. The summed E-state index contributed by atoms with van der Waals surface area (Å²) in [7, 11) is 2.70. The van der Waals surface area contributed by atoms with Crippen LogP contribution in [-0.4, -0.2) is 25.3 Å². The maximum absolute atomic E-state index is 11.3. The molecule has 0 aliphatic carbocycles. The van der Waals surface area contributed by atoms with Gasteiger partial charge in [0.05, 0.1) is 14.2 Å². The third-order valence-electron chi connectivity index (χ3n) is 2.06. The number of para-hydroxylation sites is 1. The smallest absolute Gasteiger partial charge is 0.362 e. The van der Waals surface area contributed by atoms with E-state index in [2.05, 4.69) is 15.0 Å². The van der Waals surface area contributed by atoms with Crippen LogP contribution >= 0.6 is 0 Å². The number of aliphatic hydroxyl groups is 1. The molecule has 0 saturated carbocycles. The molecule has 1 N–H and O–H groups in total. The summed E-state index contributed by atoms with van der Waals surface area (Å²) in [6.45, 7) is 1.33. The number of carbonyl (C=O) groups is 1. The highest BCUT2D eigenvalue weighted by molar-refractivity contribution is 5.88. The number of methoxy groups -OCH3 is 2. The van der Waals surface area contributed by atoms with Crippen molar-refractivity contribution in [1.82, 2.24) is 0 Å². The molecule has 0 saturated heterocycles. The summed E-state index contributed by atoms with van der Waals surface area (Å²) in [6.07, 6.45) is 0. The Morgan fingerprint density at radius 1 is 1.28 bits per heavy atom. The second kappa shape index (κ2) is 6.39. The van der Waals surface area contributed by atoms with Crippen LogP contribution in [0.3, 0.4) is 0 Å². The highest BCUT2D eigenvalue weighted by Crippen LogP contribution is 2.27. The van der Waals surface area contributed by atoms with Crippen LogP contribution in [0.1, 0.15) is 6.92 Å². The van der Waals surface area contributed by atoms with Gasteiger partial charge in [-0.15, -0.1) is 10.2 Å². The van der Waals surface area contributed by atoms with Crippen LogP contribution in [0.2, 0.25) is 0 Å². The molecule has 6 heteroatoms. The summed E-state index contributed by atoms with van der Waals surface area (Å²) in [6, 6.07) is 6.92. The van der Waals surface area contributed by atoms with E-state index in [-0.39, 0.29) is 11.5 Å². The summed E-state index contributed by atoms with van der Waals surface area (Å²) in [4.78, 5) is 11.3. The molecule has 0 fully saturated rings. The highest BCUT2D eigenvalue weighted by atomic mass is 16.5. The number of nitrogens with zero attached hydrogens (tertiary/aromatic N) is 2. The third kappa shape index (κ3) is 3.31. The Bertz CT molecular complexity index is 491. The zero-order chi connectivity index (χ0) is 13.5. The summed E-state index contributed by atoms with van der Waals surface area (Å²) in [5.74, 6) is -0.504. The van der Waals surface area contributed by atoms with E-state index in [0.717, 1.165) is 0 Å². The van der Waals surface area contributed by atoms with Crippen molar-refractivity contribution in [2.75, 3.05) is 14.2 Å². The van der Waals surface area contributed by atoms with E-state index in [1.807, 2.05) is 0 Å². The Hall–Kier alpha value is -2.37. The first-order valence-corrected chi connectivity index (χ1v) is 5.13. The standard InChI is InChI=1S/C12H14N2O4/c1-8(15)11(12(16)18-3)14-13-9-6-4-5-7-10(9)17-2/h4-7,15H,1-3H3/b11-8-,14-13?. The highest BCUT2D eigenvalue weighted by Gasteiger charge is 2.13. The fourth-order valence-electron chi connectivity index (χ4n) is 1.17. The minimum Gasteiger partial charge on any atom is -0.510 e. The van der Waals surface area contributed by atoms with Gasteiger partial charge in [-0.3, -0.25) is 0 Å². The van der Waals surface area contributed by atoms with E-state index >= 15 is 0 Å². The molecule has 0 aromatic heterocycles. The predicted molar refractivity (Wildman–Crippen MR) is 64.9 cm³/mol. The van der Waals surface area contributed by atoms with Crippen LogP contribution in [0.25, 0.3) is 0 Å². The van der Waals surface area contributed by atoms with Gasteiger partial charge in [0.15, 0.2) is 0 Å². The van der Waals surface area contributed by atoms with Crippen LogP contribution in [0.5, 0.6) is 5.75 Å². The monoisotopic (exact) mass is 250 g/mol. The maximum Gasteiger partial charge on any atom is 0.362 e. The number of carbonyl (C=O) groups excluding carboxylic acids is 1. The van der Waals surface area contributed by atoms with Gasteiger partial charge in [-0.05, 0) is 19.1 Å². The van der Waals surface area contributed by atoms with Gasteiger partial charge in [-0.25, -0.2) is 4.79 Å². The normalized spacial score (nSPS) is 12.2. The minimum absolute atomic E-state index is 0.247. The molecule has 0 aliphatic rings. The average Bonchev–Trinajstić information content (AvgIpc) is 2.38. The lowest BCUT2D eigenvalue weighted by molar-refractivity contribution is -0.136. The van der Waals surface area contributed by atoms with Gasteiger partial charge in [0.2, 0.25) is 5.70 Å².